The second kappa shape index (κ2) is 8.97. The summed E-state index contributed by atoms with van der Waals surface area (Å²) in [5.41, 5.74) is 2.26. The van der Waals surface area contributed by atoms with Gasteiger partial charge in [0.25, 0.3) is 0 Å². The Bertz CT molecular complexity index is 409. The number of amides is 1. The molecule has 1 aromatic rings. The van der Waals surface area contributed by atoms with Crippen molar-refractivity contribution in [1.82, 2.24) is 5.32 Å². The first-order chi connectivity index (χ1) is 9.26. The van der Waals surface area contributed by atoms with Crippen molar-refractivity contribution in [2.45, 2.75) is 19.3 Å². The third-order valence-electron chi connectivity index (χ3n) is 2.74. The molecule has 102 valence electrons. The Kier molecular flexibility index (Phi) is 7.10. The number of hydrogen-bond acceptors (Lipinski definition) is 2. The van der Waals surface area contributed by atoms with Crippen LogP contribution in [0.4, 0.5) is 0 Å². The molecule has 0 aromatic heterocycles. The molecule has 0 bridgehead atoms. The van der Waals surface area contributed by atoms with Gasteiger partial charge in [-0.05, 0) is 24.0 Å². The van der Waals surface area contributed by atoms with E-state index in [1.54, 1.807) is 0 Å². The van der Waals surface area contributed by atoms with Crippen LogP contribution in [0.15, 0.2) is 43.7 Å². The molecule has 0 fully saturated rings. The molecule has 0 aliphatic rings. The van der Waals surface area contributed by atoms with Crippen molar-refractivity contribution < 1.29 is 9.53 Å². The Morgan fingerprint density at radius 2 is 2.00 bits per heavy atom. The van der Waals surface area contributed by atoms with Crippen LogP contribution in [0.25, 0.3) is 6.08 Å². The summed E-state index contributed by atoms with van der Waals surface area (Å²) in [5.74, 6) is 0.0754. The topological polar surface area (TPSA) is 38.3 Å². The number of nitrogens with one attached hydrogen (secondary N) is 1. The van der Waals surface area contributed by atoms with E-state index in [1.165, 1.54) is 6.26 Å². The van der Waals surface area contributed by atoms with Gasteiger partial charge < -0.3 is 10.1 Å². The molecule has 0 aliphatic carbocycles. The molecule has 0 saturated heterocycles. The van der Waals surface area contributed by atoms with Gasteiger partial charge >= 0.3 is 0 Å². The van der Waals surface area contributed by atoms with E-state index < -0.39 is 0 Å². The van der Waals surface area contributed by atoms with Crippen molar-refractivity contribution >= 4 is 12.0 Å². The lowest BCUT2D eigenvalue weighted by Crippen LogP contribution is -2.25. The summed E-state index contributed by atoms with van der Waals surface area (Å²) >= 11 is 0. The van der Waals surface area contributed by atoms with Crippen molar-refractivity contribution in [3.63, 3.8) is 0 Å². The van der Waals surface area contributed by atoms with Gasteiger partial charge in [0.1, 0.15) is 0 Å². The molecule has 0 atom stereocenters. The van der Waals surface area contributed by atoms with Crippen molar-refractivity contribution in [2.75, 3.05) is 13.2 Å². The molecule has 0 spiro atoms. The fourth-order valence-corrected chi connectivity index (χ4v) is 1.63. The molecule has 0 saturated carbocycles. The Hall–Kier alpha value is -2.03. The molecular formula is C16H21NO2. The second-order valence-electron chi connectivity index (χ2n) is 4.19. The molecule has 0 radical (unpaired) electrons. The SMILES string of the molecule is C=COCCCNC(=O)CCc1ccc(C=C)cc1. The number of benzene rings is 1. The van der Waals surface area contributed by atoms with Crippen LogP contribution in [0.2, 0.25) is 0 Å². The number of aryl methyl sites for hydroxylation is 1. The summed E-state index contributed by atoms with van der Waals surface area (Å²) in [7, 11) is 0. The molecule has 1 rings (SSSR count). The second-order valence-corrected chi connectivity index (χ2v) is 4.19. The van der Waals surface area contributed by atoms with Crippen LogP contribution in [0, 0.1) is 0 Å². The lowest BCUT2D eigenvalue weighted by Gasteiger charge is -2.05. The van der Waals surface area contributed by atoms with Crippen LogP contribution < -0.4 is 5.32 Å². The van der Waals surface area contributed by atoms with Gasteiger partial charge in [0, 0.05) is 13.0 Å². The maximum atomic E-state index is 11.6. The van der Waals surface area contributed by atoms with Gasteiger partial charge in [-0.25, -0.2) is 0 Å². The normalized spacial score (nSPS) is 9.68. The molecule has 3 heteroatoms. The molecular weight excluding hydrogens is 238 g/mol. The highest BCUT2D eigenvalue weighted by Gasteiger charge is 2.01. The average molecular weight is 259 g/mol. The zero-order valence-electron chi connectivity index (χ0n) is 11.2. The van der Waals surface area contributed by atoms with E-state index in [0.717, 1.165) is 24.0 Å². The van der Waals surface area contributed by atoms with Crippen LogP contribution >= 0.6 is 0 Å². The first kappa shape index (κ1) is 15.0. The number of hydrogen-bond donors (Lipinski definition) is 1. The lowest BCUT2D eigenvalue weighted by molar-refractivity contribution is -0.121. The predicted octanol–water partition coefficient (Wildman–Crippen LogP) is 2.93. The summed E-state index contributed by atoms with van der Waals surface area (Å²) < 4.78 is 4.97. The van der Waals surface area contributed by atoms with Gasteiger partial charge in [0.05, 0.1) is 12.9 Å². The minimum atomic E-state index is 0.0754. The van der Waals surface area contributed by atoms with Gasteiger partial charge in [-0.15, -0.1) is 0 Å². The van der Waals surface area contributed by atoms with E-state index >= 15 is 0 Å². The van der Waals surface area contributed by atoms with Crippen molar-refractivity contribution in [3.05, 3.63) is 54.8 Å². The highest BCUT2D eigenvalue weighted by Crippen LogP contribution is 2.07. The Morgan fingerprint density at radius 1 is 1.26 bits per heavy atom. The number of carbonyl (C=O) groups excluding carboxylic acids is 1. The molecule has 0 aliphatic heterocycles. The van der Waals surface area contributed by atoms with Crippen molar-refractivity contribution in [1.29, 1.82) is 0 Å². The van der Waals surface area contributed by atoms with Gasteiger partial charge in [-0.1, -0.05) is 43.5 Å². The van der Waals surface area contributed by atoms with E-state index in [9.17, 15) is 4.79 Å². The summed E-state index contributed by atoms with van der Waals surface area (Å²) in [6, 6.07) is 8.07. The van der Waals surface area contributed by atoms with Crippen molar-refractivity contribution in [2.24, 2.45) is 0 Å². The molecule has 0 unspecified atom stereocenters. The van der Waals surface area contributed by atoms with Crippen LogP contribution in [-0.4, -0.2) is 19.1 Å². The highest BCUT2D eigenvalue weighted by molar-refractivity contribution is 5.76. The molecule has 19 heavy (non-hydrogen) atoms. The lowest BCUT2D eigenvalue weighted by atomic mass is 10.1. The molecule has 1 N–H and O–H groups in total. The smallest absolute Gasteiger partial charge is 0.220 e. The molecule has 0 heterocycles. The van der Waals surface area contributed by atoms with Crippen LogP contribution in [-0.2, 0) is 16.0 Å². The first-order valence-corrected chi connectivity index (χ1v) is 6.47. The summed E-state index contributed by atoms with van der Waals surface area (Å²) in [5, 5.41) is 2.86. The summed E-state index contributed by atoms with van der Waals surface area (Å²) in [4.78, 5) is 11.6. The quantitative estimate of drug-likeness (QED) is 0.547. The van der Waals surface area contributed by atoms with Crippen molar-refractivity contribution in [3.8, 4) is 0 Å². The Morgan fingerprint density at radius 3 is 2.63 bits per heavy atom. The number of ether oxygens (including phenoxy) is 1. The fraction of sp³-hybridized carbons (Fsp3) is 0.312. The first-order valence-electron chi connectivity index (χ1n) is 6.47. The summed E-state index contributed by atoms with van der Waals surface area (Å²) in [6.45, 7) is 8.39. The minimum absolute atomic E-state index is 0.0754. The van der Waals surface area contributed by atoms with E-state index in [1.807, 2.05) is 30.3 Å². The summed E-state index contributed by atoms with van der Waals surface area (Å²) in [6.07, 6.45) is 5.28. The predicted molar refractivity (Wildman–Crippen MR) is 78.6 cm³/mol. The van der Waals surface area contributed by atoms with E-state index in [2.05, 4.69) is 18.5 Å². The molecule has 1 aromatic carbocycles. The average Bonchev–Trinajstić information content (AvgIpc) is 2.45. The monoisotopic (exact) mass is 259 g/mol. The van der Waals surface area contributed by atoms with Gasteiger partial charge in [-0.3, -0.25) is 4.79 Å². The maximum absolute atomic E-state index is 11.6. The minimum Gasteiger partial charge on any atom is -0.502 e. The van der Waals surface area contributed by atoms with E-state index in [0.29, 0.717) is 19.6 Å². The Labute approximate surface area is 115 Å². The molecule has 3 nitrogen and oxygen atoms in total. The van der Waals surface area contributed by atoms with E-state index in [-0.39, 0.29) is 5.91 Å². The molecule has 1 amide bonds. The van der Waals surface area contributed by atoms with Gasteiger partial charge in [0.2, 0.25) is 5.91 Å². The van der Waals surface area contributed by atoms with Crippen LogP contribution in [0.5, 0.6) is 0 Å². The third-order valence-corrected chi connectivity index (χ3v) is 2.74. The van der Waals surface area contributed by atoms with Gasteiger partial charge in [-0.2, -0.15) is 0 Å². The Balaban J connectivity index is 2.18. The largest absolute Gasteiger partial charge is 0.502 e. The zero-order valence-corrected chi connectivity index (χ0v) is 11.2. The van der Waals surface area contributed by atoms with Crippen LogP contribution in [0.1, 0.15) is 24.0 Å². The van der Waals surface area contributed by atoms with Crippen LogP contribution in [0.3, 0.4) is 0 Å². The number of rotatable bonds is 9. The maximum Gasteiger partial charge on any atom is 0.220 e. The number of carbonyl (C=O) groups is 1. The highest BCUT2D eigenvalue weighted by atomic mass is 16.5. The fourth-order valence-electron chi connectivity index (χ4n) is 1.63. The standard InChI is InChI=1S/C16H21NO2/c1-3-14-6-8-15(9-7-14)10-11-16(18)17-12-5-13-19-4-2/h3-4,6-9H,1-2,5,10-13H2,(H,17,18). The zero-order chi connectivity index (χ0) is 13.9. The van der Waals surface area contributed by atoms with Gasteiger partial charge in [0.15, 0.2) is 0 Å². The third kappa shape index (κ3) is 6.46. The van der Waals surface area contributed by atoms with E-state index in [4.69, 9.17) is 4.74 Å².